The number of carbonyl (C=O) groups is 1. The van der Waals surface area contributed by atoms with E-state index in [-0.39, 0.29) is 5.78 Å². The van der Waals surface area contributed by atoms with E-state index in [0.717, 1.165) is 11.1 Å². The number of benzene rings is 1. The number of ether oxygens (including phenoxy) is 1. The van der Waals surface area contributed by atoms with Crippen molar-refractivity contribution in [3.05, 3.63) is 53.1 Å². The normalized spacial score (nSPS) is 10.2. The van der Waals surface area contributed by atoms with Gasteiger partial charge in [-0.05, 0) is 37.1 Å². The summed E-state index contributed by atoms with van der Waals surface area (Å²) >= 11 is 0. The molecular formula is C14H14N2O2. The van der Waals surface area contributed by atoms with Gasteiger partial charge in [-0.15, -0.1) is 0 Å². The zero-order valence-corrected chi connectivity index (χ0v) is 10.6. The van der Waals surface area contributed by atoms with Crippen LogP contribution in [-0.2, 0) is 0 Å². The second kappa shape index (κ2) is 4.96. The first-order chi connectivity index (χ1) is 8.65. The summed E-state index contributed by atoms with van der Waals surface area (Å²) in [5.74, 6) is 0.455. The van der Waals surface area contributed by atoms with E-state index in [2.05, 4.69) is 9.97 Å². The molecule has 0 spiro atoms. The van der Waals surface area contributed by atoms with Crippen LogP contribution in [0.5, 0.6) is 5.75 Å². The highest BCUT2D eigenvalue weighted by Gasteiger charge is 2.17. The van der Waals surface area contributed by atoms with Gasteiger partial charge in [-0.2, -0.15) is 0 Å². The van der Waals surface area contributed by atoms with Crippen LogP contribution in [0.1, 0.15) is 27.2 Å². The minimum absolute atomic E-state index is 0.155. The van der Waals surface area contributed by atoms with E-state index in [1.807, 2.05) is 19.9 Å². The molecule has 92 valence electrons. The van der Waals surface area contributed by atoms with Gasteiger partial charge in [-0.3, -0.25) is 4.79 Å². The monoisotopic (exact) mass is 242 g/mol. The third-order valence-electron chi connectivity index (χ3n) is 2.94. The highest BCUT2D eigenvalue weighted by molar-refractivity contribution is 6.09. The number of carbonyl (C=O) groups excluding carboxylic acids is 1. The Morgan fingerprint density at radius 3 is 2.61 bits per heavy atom. The summed E-state index contributed by atoms with van der Waals surface area (Å²) in [6.45, 7) is 3.92. The van der Waals surface area contributed by atoms with Gasteiger partial charge in [0.15, 0.2) is 0 Å². The lowest BCUT2D eigenvalue weighted by Gasteiger charge is -2.12. The van der Waals surface area contributed by atoms with E-state index in [4.69, 9.17) is 4.74 Å². The molecule has 0 bridgehead atoms. The van der Waals surface area contributed by atoms with E-state index < -0.39 is 0 Å². The average molecular weight is 242 g/mol. The molecule has 0 unspecified atom stereocenters. The minimum atomic E-state index is -0.155. The first kappa shape index (κ1) is 12.2. The SMILES string of the molecule is COc1c(C(=O)c2ccncn2)ccc(C)c1C. The van der Waals surface area contributed by atoms with E-state index in [9.17, 15) is 4.79 Å². The number of nitrogens with zero attached hydrogens (tertiary/aromatic N) is 2. The van der Waals surface area contributed by atoms with Crippen molar-refractivity contribution in [3.63, 3.8) is 0 Å². The largest absolute Gasteiger partial charge is 0.496 e. The van der Waals surface area contributed by atoms with Crippen molar-refractivity contribution >= 4 is 5.78 Å². The Labute approximate surface area is 106 Å². The summed E-state index contributed by atoms with van der Waals surface area (Å²) in [7, 11) is 1.57. The predicted molar refractivity (Wildman–Crippen MR) is 67.9 cm³/mol. The molecule has 18 heavy (non-hydrogen) atoms. The molecule has 0 aliphatic rings. The van der Waals surface area contributed by atoms with Gasteiger partial charge in [0, 0.05) is 6.20 Å². The van der Waals surface area contributed by atoms with Crippen LogP contribution in [0, 0.1) is 13.8 Å². The zero-order chi connectivity index (χ0) is 13.1. The van der Waals surface area contributed by atoms with Crippen molar-refractivity contribution in [1.29, 1.82) is 0 Å². The van der Waals surface area contributed by atoms with Crippen LogP contribution in [0.2, 0.25) is 0 Å². The second-order valence-corrected chi connectivity index (χ2v) is 4.01. The van der Waals surface area contributed by atoms with Crippen molar-refractivity contribution < 1.29 is 9.53 Å². The van der Waals surface area contributed by atoms with Crippen LogP contribution in [0.25, 0.3) is 0 Å². The quantitative estimate of drug-likeness (QED) is 0.775. The molecule has 0 radical (unpaired) electrons. The molecule has 0 saturated carbocycles. The van der Waals surface area contributed by atoms with E-state index in [1.54, 1.807) is 25.4 Å². The molecule has 0 aliphatic heterocycles. The maximum atomic E-state index is 12.3. The lowest BCUT2D eigenvalue weighted by molar-refractivity contribution is 0.103. The van der Waals surface area contributed by atoms with E-state index >= 15 is 0 Å². The molecule has 1 aromatic carbocycles. The summed E-state index contributed by atoms with van der Waals surface area (Å²) in [4.78, 5) is 20.1. The highest BCUT2D eigenvalue weighted by atomic mass is 16.5. The molecule has 4 nitrogen and oxygen atoms in total. The van der Waals surface area contributed by atoms with Crippen molar-refractivity contribution in [2.45, 2.75) is 13.8 Å². The van der Waals surface area contributed by atoms with E-state index in [1.165, 1.54) is 6.33 Å². The number of aryl methyl sites for hydroxylation is 1. The Morgan fingerprint density at radius 2 is 2.00 bits per heavy atom. The van der Waals surface area contributed by atoms with Gasteiger partial charge in [0.1, 0.15) is 17.8 Å². The summed E-state index contributed by atoms with van der Waals surface area (Å²) < 4.78 is 5.34. The molecule has 0 saturated heterocycles. The minimum Gasteiger partial charge on any atom is -0.496 e. The highest BCUT2D eigenvalue weighted by Crippen LogP contribution is 2.27. The number of hydrogen-bond donors (Lipinski definition) is 0. The number of methoxy groups -OCH3 is 1. The Morgan fingerprint density at radius 1 is 1.22 bits per heavy atom. The third kappa shape index (κ3) is 2.09. The van der Waals surface area contributed by atoms with Gasteiger partial charge in [0.05, 0.1) is 12.7 Å². The number of rotatable bonds is 3. The predicted octanol–water partition coefficient (Wildman–Crippen LogP) is 2.33. The summed E-state index contributed by atoms with van der Waals surface area (Å²) in [5.41, 5.74) is 2.95. The van der Waals surface area contributed by atoms with Crippen molar-refractivity contribution in [3.8, 4) is 5.75 Å². The zero-order valence-electron chi connectivity index (χ0n) is 10.6. The van der Waals surface area contributed by atoms with Crippen molar-refractivity contribution in [2.24, 2.45) is 0 Å². The Balaban J connectivity index is 2.52. The van der Waals surface area contributed by atoms with Gasteiger partial charge in [-0.25, -0.2) is 9.97 Å². The second-order valence-electron chi connectivity index (χ2n) is 4.01. The lowest BCUT2D eigenvalue weighted by Crippen LogP contribution is -2.07. The van der Waals surface area contributed by atoms with E-state index in [0.29, 0.717) is 17.0 Å². The molecule has 0 atom stereocenters. The lowest BCUT2D eigenvalue weighted by atomic mass is 10.00. The van der Waals surface area contributed by atoms with Crippen LogP contribution in [0.3, 0.4) is 0 Å². The van der Waals surface area contributed by atoms with Gasteiger partial charge in [0.2, 0.25) is 5.78 Å². The molecule has 0 aliphatic carbocycles. The molecule has 0 amide bonds. The van der Waals surface area contributed by atoms with Gasteiger partial charge in [-0.1, -0.05) is 6.07 Å². The standard InChI is InChI=1S/C14H14N2O2/c1-9-4-5-11(14(18-3)10(9)2)13(17)12-6-7-15-8-16-12/h4-8H,1-3H3. The first-order valence-electron chi connectivity index (χ1n) is 5.60. The molecule has 1 aromatic heterocycles. The first-order valence-corrected chi connectivity index (χ1v) is 5.60. The van der Waals surface area contributed by atoms with Crippen molar-refractivity contribution in [1.82, 2.24) is 9.97 Å². The number of hydrogen-bond acceptors (Lipinski definition) is 4. The molecule has 2 aromatic rings. The summed E-state index contributed by atoms with van der Waals surface area (Å²) in [6, 6.07) is 5.27. The van der Waals surface area contributed by atoms with Gasteiger partial charge < -0.3 is 4.74 Å². The Hall–Kier alpha value is -2.23. The fourth-order valence-electron chi connectivity index (χ4n) is 1.79. The molecule has 1 heterocycles. The van der Waals surface area contributed by atoms with Crippen LogP contribution in [-0.4, -0.2) is 22.9 Å². The molecule has 4 heteroatoms. The third-order valence-corrected chi connectivity index (χ3v) is 2.94. The Bertz CT molecular complexity index is 580. The van der Waals surface area contributed by atoms with Crippen LogP contribution in [0.4, 0.5) is 0 Å². The van der Waals surface area contributed by atoms with Gasteiger partial charge >= 0.3 is 0 Å². The molecule has 2 rings (SSSR count). The van der Waals surface area contributed by atoms with Crippen molar-refractivity contribution in [2.75, 3.05) is 7.11 Å². The molecule has 0 N–H and O–H groups in total. The van der Waals surface area contributed by atoms with Crippen LogP contribution < -0.4 is 4.74 Å². The Kier molecular flexibility index (Phi) is 3.37. The summed E-state index contributed by atoms with van der Waals surface area (Å²) in [5, 5.41) is 0. The number of aromatic nitrogens is 2. The topological polar surface area (TPSA) is 52.1 Å². The number of ketones is 1. The van der Waals surface area contributed by atoms with Gasteiger partial charge in [0.25, 0.3) is 0 Å². The summed E-state index contributed by atoms with van der Waals surface area (Å²) in [6.07, 6.45) is 2.91. The van der Waals surface area contributed by atoms with Crippen LogP contribution in [0.15, 0.2) is 30.7 Å². The van der Waals surface area contributed by atoms with Crippen LogP contribution >= 0.6 is 0 Å². The molecule has 0 fully saturated rings. The molecular weight excluding hydrogens is 228 g/mol. The maximum absolute atomic E-state index is 12.3. The average Bonchev–Trinajstić information content (AvgIpc) is 2.42. The maximum Gasteiger partial charge on any atom is 0.215 e. The fourth-order valence-corrected chi connectivity index (χ4v) is 1.79. The fraction of sp³-hybridized carbons (Fsp3) is 0.214. The smallest absolute Gasteiger partial charge is 0.215 e.